The van der Waals surface area contributed by atoms with E-state index in [1.165, 1.54) is 0 Å². The maximum absolute atomic E-state index is 12.1. The van der Waals surface area contributed by atoms with E-state index >= 15 is 0 Å². The van der Waals surface area contributed by atoms with Crippen LogP contribution in [0.1, 0.15) is 18.1 Å². The Morgan fingerprint density at radius 2 is 2.16 bits per heavy atom. The zero-order valence-corrected chi connectivity index (χ0v) is 10.6. The van der Waals surface area contributed by atoms with E-state index in [0.29, 0.717) is 6.42 Å². The molecule has 0 bridgehead atoms. The molecule has 1 aromatic heterocycles. The molecule has 1 saturated heterocycles. The maximum Gasteiger partial charge on any atom is 0.396 e. The van der Waals surface area contributed by atoms with Crippen molar-refractivity contribution in [1.82, 2.24) is 15.5 Å². The molecule has 0 amide bonds. The number of halogens is 3. The molecule has 1 aliphatic rings. The Balaban J connectivity index is 1.84. The third-order valence-electron chi connectivity index (χ3n) is 2.64. The monoisotopic (exact) mass is 299 g/mol. The van der Waals surface area contributed by atoms with Crippen molar-refractivity contribution < 1.29 is 26.1 Å². The summed E-state index contributed by atoms with van der Waals surface area (Å²) < 4.78 is 63.2. The second kappa shape index (κ2) is 5.08. The normalized spacial score (nSPS) is 22.8. The first-order valence-electron chi connectivity index (χ1n) is 5.55. The number of rotatable bonds is 4. The van der Waals surface area contributed by atoms with Crippen molar-refractivity contribution in [3.05, 3.63) is 11.7 Å². The van der Waals surface area contributed by atoms with Crippen LogP contribution in [0.4, 0.5) is 13.2 Å². The lowest BCUT2D eigenvalue weighted by Gasteiger charge is -2.07. The van der Waals surface area contributed by atoms with Gasteiger partial charge in [0.1, 0.15) is 6.42 Å². The van der Waals surface area contributed by atoms with Crippen molar-refractivity contribution in [2.45, 2.75) is 31.6 Å². The van der Waals surface area contributed by atoms with E-state index < -0.39 is 28.3 Å². The molecule has 6 nitrogen and oxygen atoms in total. The summed E-state index contributed by atoms with van der Waals surface area (Å²) in [5, 5.41) is 6.08. The van der Waals surface area contributed by atoms with Crippen LogP contribution in [-0.2, 0) is 22.8 Å². The minimum absolute atomic E-state index is 0.0172. The zero-order chi connectivity index (χ0) is 14.1. The minimum atomic E-state index is -4.38. The molecule has 19 heavy (non-hydrogen) atoms. The molecule has 10 heteroatoms. The summed E-state index contributed by atoms with van der Waals surface area (Å²) in [5.41, 5.74) is 0. The summed E-state index contributed by atoms with van der Waals surface area (Å²) in [5.74, 6) is -0.267. The number of alkyl halides is 3. The standard InChI is InChI=1S/C9H12F3N3O3S/c10-9(11,12)3-7-14-8(18-15-7)4-13-6-1-2-19(16,17)5-6/h6,13H,1-5H2. The molecule has 0 aliphatic carbocycles. The zero-order valence-electron chi connectivity index (χ0n) is 9.77. The van der Waals surface area contributed by atoms with Crippen LogP contribution in [0.3, 0.4) is 0 Å². The lowest BCUT2D eigenvalue weighted by molar-refractivity contribution is -0.128. The molecule has 2 rings (SSSR count). The van der Waals surface area contributed by atoms with Gasteiger partial charge >= 0.3 is 6.18 Å². The van der Waals surface area contributed by atoms with Crippen molar-refractivity contribution >= 4 is 9.84 Å². The van der Waals surface area contributed by atoms with E-state index in [0.717, 1.165) is 0 Å². The van der Waals surface area contributed by atoms with Gasteiger partial charge in [-0.1, -0.05) is 5.16 Å². The average Bonchev–Trinajstić information content (AvgIpc) is 2.80. The Hall–Kier alpha value is -1.16. The van der Waals surface area contributed by atoms with Crippen molar-refractivity contribution in [3.63, 3.8) is 0 Å². The van der Waals surface area contributed by atoms with Gasteiger partial charge in [-0.05, 0) is 6.42 Å². The van der Waals surface area contributed by atoms with Gasteiger partial charge in [0.15, 0.2) is 15.7 Å². The van der Waals surface area contributed by atoms with E-state index in [1.54, 1.807) is 0 Å². The van der Waals surface area contributed by atoms with Crippen molar-refractivity contribution in [2.75, 3.05) is 11.5 Å². The fraction of sp³-hybridized carbons (Fsp3) is 0.778. The molecular formula is C9H12F3N3O3S. The molecule has 1 aromatic rings. The molecular weight excluding hydrogens is 287 g/mol. The highest BCUT2D eigenvalue weighted by molar-refractivity contribution is 7.91. The summed E-state index contributed by atoms with van der Waals surface area (Å²) in [4.78, 5) is 3.58. The van der Waals surface area contributed by atoms with Crippen LogP contribution in [0.25, 0.3) is 0 Å². The van der Waals surface area contributed by atoms with E-state index in [-0.39, 0.29) is 30.0 Å². The number of hydrogen-bond donors (Lipinski definition) is 1. The Kier molecular flexibility index (Phi) is 3.81. The highest BCUT2D eigenvalue weighted by Gasteiger charge is 2.31. The summed E-state index contributed by atoms with van der Waals surface area (Å²) in [6, 6.07) is -0.219. The smallest absolute Gasteiger partial charge is 0.338 e. The van der Waals surface area contributed by atoms with E-state index in [2.05, 4.69) is 20.0 Å². The van der Waals surface area contributed by atoms with Crippen LogP contribution >= 0.6 is 0 Å². The van der Waals surface area contributed by atoms with Crippen molar-refractivity contribution in [1.29, 1.82) is 0 Å². The van der Waals surface area contributed by atoms with Gasteiger partial charge in [-0.2, -0.15) is 18.2 Å². The van der Waals surface area contributed by atoms with Crippen molar-refractivity contribution in [2.24, 2.45) is 0 Å². The molecule has 1 N–H and O–H groups in total. The van der Waals surface area contributed by atoms with E-state index in [9.17, 15) is 21.6 Å². The number of hydrogen-bond acceptors (Lipinski definition) is 6. The second-order valence-corrected chi connectivity index (χ2v) is 6.61. The van der Waals surface area contributed by atoms with Crippen LogP contribution in [0.15, 0.2) is 4.52 Å². The highest BCUT2D eigenvalue weighted by atomic mass is 32.2. The predicted octanol–water partition coefficient (Wildman–Crippen LogP) is 0.451. The van der Waals surface area contributed by atoms with Gasteiger partial charge in [0.05, 0.1) is 18.1 Å². The summed E-state index contributed by atoms with van der Waals surface area (Å²) in [6.45, 7) is 0.0606. The third-order valence-corrected chi connectivity index (χ3v) is 4.41. The Morgan fingerprint density at radius 3 is 2.74 bits per heavy atom. The van der Waals surface area contributed by atoms with E-state index in [1.807, 2.05) is 0 Å². The minimum Gasteiger partial charge on any atom is -0.338 e. The van der Waals surface area contributed by atoms with Gasteiger partial charge in [-0.25, -0.2) is 8.42 Å². The first-order valence-corrected chi connectivity index (χ1v) is 7.38. The van der Waals surface area contributed by atoms with Crippen LogP contribution in [0, 0.1) is 0 Å². The molecule has 108 valence electrons. The summed E-state index contributed by atoms with van der Waals surface area (Å²) in [6.07, 6.45) is -5.14. The number of sulfone groups is 1. The largest absolute Gasteiger partial charge is 0.396 e. The van der Waals surface area contributed by atoms with Gasteiger partial charge in [0.2, 0.25) is 5.89 Å². The number of nitrogens with one attached hydrogen (secondary N) is 1. The van der Waals surface area contributed by atoms with Gasteiger partial charge in [-0.3, -0.25) is 0 Å². The van der Waals surface area contributed by atoms with Crippen LogP contribution in [-0.4, -0.2) is 42.3 Å². The van der Waals surface area contributed by atoms with Crippen LogP contribution in [0.5, 0.6) is 0 Å². The lowest BCUT2D eigenvalue weighted by atomic mass is 10.3. The Bertz CT molecular complexity index is 540. The summed E-state index contributed by atoms with van der Waals surface area (Å²) >= 11 is 0. The van der Waals surface area contributed by atoms with Gasteiger partial charge in [0, 0.05) is 6.04 Å². The molecule has 1 fully saturated rings. The van der Waals surface area contributed by atoms with Crippen LogP contribution < -0.4 is 5.32 Å². The molecule has 0 spiro atoms. The van der Waals surface area contributed by atoms with Gasteiger partial charge < -0.3 is 9.84 Å². The topological polar surface area (TPSA) is 85.1 Å². The van der Waals surface area contributed by atoms with Gasteiger partial charge in [-0.15, -0.1) is 0 Å². The molecule has 0 radical (unpaired) electrons. The molecule has 1 unspecified atom stereocenters. The van der Waals surface area contributed by atoms with Crippen LogP contribution in [0.2, 0.25) is 0 Å². The molecule has 0 saturated carbocycles. The first kappa shape index (κ1) is 14.3. The highest BCUT2D eigenvalue weighted by Crippen LogP contribution is 2.19. The molecule has 0 aromatic carbocycles. The number of nitrogens with zero attached hydrogens (tertiary/aromatic N) is 2. The molecule has 1 aliphatic heterocycles. The summed E-state index contributed by atoms with van der Waals surface area (Å²) in [7, 11) is -3.00. The maximum atomic E-state index is 12.1. The fourth-order valence-corrected chi connectivity index (χ4v) is 3.51. The quantitative estimate of drug-likeness (QED) is 0.869. The number of aromatic nitrogens is 2. The molecule has 2 heterocycles. The Labute approximate surface area is 107 Å². The lowest BCUT2D eigenvalue weighted by Crippen LogP contribution is -2.29. The average molecular weight is 299 g/mol. The SMILES string of the molecule is O=S1(=O)CCC(NCc2nc(CC(F)(F)F)no2)C1. The van der Waals surface area contributed by atoms with E-state index in [4.69, 9.17) is 0 Å². The second-order valence-electron chi connectivity index (χ2n) is 4.38. The third kappa shape index (κ3) is 4.46. The van der Waals surface area contributed by atoms with Gasteiger partial charge in [0.25, 0.3) is 0 Å². The Morgan fingerprint density at radius 1 is 1.42 bits per heavy atom. The van der Waals surface area contributed by atoms with Crippen molar-refractivity contribution in [3.8, 4) is 0 Å². The predicted molar refractivity (Wildman–Crippen MR) is 58.0 cm³/mol. The molecule has 1 atom stereocenters. The first-order chi connectivity index (χ1) is 8.73. The fourth-order valence-electron chi connectivity index (χ4n) is 1.80.